The van der Waals surface area contributed by atoms with Gasteiger partial charge in [-0.2, -0.15) is 11.8 Å². The highest BCUT2D eigenvalue weighted by Crippen LogP contribution is 2.34. The first-order valence-corrected chi connectivity index (χ1v) is 7.62. The van der Waals surface area contributed by atoms with Crippen molar-refractivity contribution in [3.63, 3.8) is 0 Å². The Bertz CT molecular complexity index is 278. The lowest BCUT2D eigenvalue weighted by Gasteiger charge is -2.37. The van der Waals surface area contributed by atoms with Gasteiger partial charge >= 0.3 is 0 Å². The molecule has 3 nitrogen and oxygen atoms in total. The van der Waals surface area contributed by atoms with Crippen molar-refractivity contribution in [3.8, 4) is 0 Å². The standard InChI is InChI=1S/C12H20N2OS/c15-12-7-10-1-2-11(8-13-12)14(10)9-3-5-16-6-4-9/h9-11H,1-8H2,(H,13,15)/t10-,11+/m1/s1. The predicted molar refractivity (Wildman–Crippen MR) is 66.6 cm³/mol. The van der Waals surface area contributed by atoms with Crippen LogP contribution in [0.3, 0.4) is 0 Å². The molecule has 2 atom stereocenters. The van der Waals surface area contributed by atoms with Gasteiger partial charge in [-0.15, -0.1) is 0 Å². The first-order valence-electron chi connectivity index (χ1n) is 6.46. The Morgan fingerprint density at radius 1 is 1.06 bits per heavy atom. The smallest absolute Gasteiger partial charge is 0.221 e. The molecule has 0 aromatic carbocycles. The maximum absolute atomic E-state index is 11.6. The third-order valence-corrected chi connectivity index (χ3v) is 5.29. The number of carbonyl (C=O) groups is 1. The fourth-order valence-corrected chi connectivity index (χ4v) is 4.58. The molecule has 3 saturated heterocycles. The molecule has 0 aliphatic carbocycles. The third-order valence-electron chi connectivity index (χ3n) is 4.24. The number of nitrogens with one attached hydrogen (secondary N) is 1. The molecular weight excluding hydrogens is 220 g/mol. The third kappa shape index (κ3) is 1.97. The van der Waals surface area contributed by atoms with Crippen molar-refractivity contribution in [2.45, 2.75) is 50.2 Å². The minimum absolute atomic E-state index is 0.266. The number of thioether (sulfide) groups is 1. The number of amides is 1. The van der Waals surface area contributed by atoms with Gasteiger partial charge in [0.25, 0.3) is 0 Å². The van der Waals surface area contributed by atoms with Gasteiger partial charge in [-0.1, -0.05) is 0 Å². The van der Waals surface area contributed by atoms with E-state index >= 15 is 0 Å². The number of carbonyl (C=O) groups excluding carboxylic acids is 1. The summed E-state index contributed by atoms with van der Waals surface area (Å²) in [7, 11) is 0. The molecule has 90 valence electrons. The molecular formula is C12H20N2OS. The summed E-state index contributed by atoms with van der Waals surface area (Å²) < 4.78 is 0. The predicted octanol–water partition coefficient (Wildman–Crippen LogP) is 1.23. The van der Waals surface area contributed by atoms with E-state index < -0.39 is 0 Å². The van der Waals surface area contributed by atoms with Gasteiger partial charge in [0.1, 0.15) is 0 Å². The molecule has 1 amide bonds. The Hall–Kier alpha value is -0.220. The molecule has 3 aliphatic rings. The summed E-state index contributed by atoms with van der Waals surface area (Å²) in [5.74, 6) is 2.88. The topological polar surface area (TPSA) is 32.3 Å². The zero-order valence-electron chi connectivity index (χ0n) is 9.65. The van der Waals surface area contributed by atoms with Crippen LogP contribution in [0.5, 0.6) is 0 Å². The van der Waals surface area contributed by atoms with Crippen LogP contribution >= 0.6 is 11.8 Å². The molecule has 1 N–H and O–H groups in total. The Morgan fingerprint density at radius 2 is 1.81 bits per heavy atom. The van der Waals surface area contributed by atoms with Crippen LogP contribution in [-0.4, -0.2) is 47.0 Å². The summed E-state index contributed by atoms with van der Waals surface area (Å²) in [4.78, 5) is 14.3. The quantitative estimate of drug-likeness (QED) is 0.748. The van der Waals surface area contributed by atoms with Crippen LogP contribution in [0.2, 0.25) is 0 Å². The first-order chi connectivity index (χ1) is 7.84. The Labute approximate surface area is 101 Å². The van der Waals surface area contributed by atoms with Crippen LogP contribution in [0.15, 0.2) is 0 Å². The highest BCUT2D eigenvalue weighted by Gasteiger charge is 2.41. The summed E-state index contributed by atoms with van der Waals surface area (Å²) >= 11 is 2.08. The second-order valence-electron chi connectivity index (χ2n) is 5.18. The van der Waals surface area contributed by atoms with Crippen molar-refractivity contribution in [2.24, 2.45) is 0 Å². The SMILES string of the molecule is O=C1C[C@H]2CC[C@@H](CN1)N2C1CCSCC1. The molecule has 3 rings (SSSR count). The van der Waals surface area contributed by atoms with Crippen molar-refractivity contribution in [1.29, 1.82) is 0 Å². The lowest BCUT2D eigenvalue weighted by molar-refractivity contribution is -0.121. The molecule has 3 heterocycles. The molecule has 4 heteroatoms. The first kappa shape index (κ1) is 10.9. The van der Waals surface area contributed by atoms with E-state index in [4.69, 9.17) is 0 Å². The van der Waals surface area contributed by atoms with Crippen molar-refractivity contribution < 1.29 is 4.79 Å². The van der Waals surface area contributed by atoms with Gasteiger partial charge in [-0.3, -0.25) is 9.69 Å². The number of fused-ring (bicyclic) bond motifs is 2. The fraction of sp³-hybridized carbons (Fsp3) is 0.917. The highest BCUT2D eigenvalue weighted by molar-refractivity contribution is 7.99. The number of hydrogen-bond donors (Lipinski definition) is 1. The summed E-state index contributed by atoms with van der Waals surface area (Å²) in [6.07, 6.45) is 5.91. The molecule has 0 saturated carbocycles. The van der Waals surface area contributed by atoms with E-state index in [0.717, 1.165) is 19.0 Å². The van der Waals surface area contributed by atoms with Gasteiger partial charge < -0.3 is 5.32 Å². The maximum atomic E-state index is 11.6. The van der Waals surface area contributed by atoms with Gasteiger partial charge in [-0.05, 0) is 37.2 Å². The second kappa shape index (κ2) is 4.57. The van der Waals surface area contributed by atoms with Crippen LogP contribution in [0.1, 0.15) is 32.1 Å². The molecule has 3 aliphatic heterocycles. The molecule has 3 fully saturated rings. The molecule has 0 unspecified atom stereocenters. The van der Waals surface area contributed by atoms with Gasteiger partial charge in [0.2, 0.25) is 5.91 Å². The second-order valence-corrected chi connectivity index (χ2v) is 6.41. The Kier molecular flexibility index (Phi) is 3.11. The minimum atomic E-state index is 0.266. The van der Waals surface area contributed by atoms with Crippen LogP contribution in [0.25, 0.3) is 0 Å². The highest BCUT2D eigenvalue weighted by atomic mass is 32.2. The normalized spacial score (nSPS) is 37.1. The zero-order valence-corrected chi connectivity index (χ0v) is 10.5. The summed E-state index contributed by atoms with van der Waals surface area (Å²) in [6, 6.07) is 1.93. The molecule has 0 aromatic rings. The van der Waals surface area contributed by atoms with E-state index in [1.54, 1.807) is 0 Å². The summed E-state index contributed by atoms with van der Waals surface area (Å²) in [6.45, 7) is 0.888. The lowest BCUT2D eigenvalue weighted by Crippen LogP contribution is -2.46. The molecule has 16 heavy (non-hydrogen) atoms. The zero-order chi connectivity index (χ0) is 11.0. The van der Waals surface area contributed by atoms with Crippen molar-refractivity contribution in [2.75, 3.05) is 18.1 Å². The van der Waals surface area contributed by atoms with Crippen LogP contribution in [0.4, 0.5) is 0 Å². The van der Waals surface area contributed by atoms with Crippen molar-refractivity contribution in [3.05, 3.63) is 0 Å². The number of rotatable bonds is 1. The minimum Gasteiger partial charge on any atom is -0.354 e. The summed E-state index contributed by atoms with van der Waals surface area (Å²) in [5, 5.41) is 3.06. The van der Waals surface area contributed by atoms with E-state index in [2.05, 4.69) is 22.0 Å². The Balaban J connectivity index is 1.75. The average molecular weight is 240 g/mol. The maximum Gasteiger partial charge on any atom is 0.221 e. The molecule has 0 aromatic heterocycles. The largest absolute Gasteiger partial charge is 0.354 e. The molecule has 2 bridgehead atoms. The van der Waals surface area contributed by atoms with Crippen LogP contribution in [-0.2, 0) is 4.79 Å². The van der Waals surface area contributed by atoms with E-state index in [1.165, 1.54) is 37.2 Å². The van der Waals surface area contributed by atoms with Gasteiger partial charge in [0.05, 0.1) is 0 Å². The molecule has 0 spiro atoms. The van der Waals surface area contributed by atoms with Crippen LogP contribution in [0, 0.1) is 0 Å². The van der Waals surface area contributed by atoms with E-state index in [9.17, 15) is 4.79 Å². The average Bonchev–Trinajstić information content (AvgIpc) is 2.61. The van der Waals surface area contributed by atoms with Gasteiger partial charge in [0.15, 0.2) is 0 Å². The van der Waals surface area contributed by atoms with E-state index in [-0.39, 0.29) is 5.91 Å². The monoisotopic (exact) mass is 240 g/mol. The van der Waals surface area contributed by atoms with Crippen molar-refractivity contribution in [1.82, 2.24) is 10.2 Å². The number of nitrogens with zero attached hydrogens (tertiary/aromatic N) is 1. The Morgan fingerprint density at radius 3 is 2.62 bits per heavy atom. The van der Waals surface area contributed by atoms with E-state index in [0.29, 0.717) is 12.1 Å². The van der Waals surface area contributed by atoms with Gasteiger partial charge in [0, 0.05) is 31.1 Å². The molecule has 0 radical (unpaired) electrons. The van der Waals surface area contributed by atoms with Crippen molar-refractivity contribution >= 4 is 17.7 Å². The fourth-order valence-electron chi connectivity index (χ4n) is 3.49. The summed E-state index contributed by atoms with van der Waals surface area (Å²) in [5.41, 5.74) is 0. The van der Waals surface area contributed by atoms with Crippen LogP contribution < -0.4 is 5.32 Å². The van der Waals surface area contributed by atoms with E-state index in [1.807, 2.05) is 0 Å². The lowest BCUT2D eigenvalue weighted by atomic mass is 10.1. The number of hydrogen-bond acceptors (Lipinski definition) is 3. The van der Waals surface area contributed by atoms with Gasteiger partial charge in [-0.25, -0.2) is 0 Å².